The SMILES string of the molecule is CCCCN(CCCC)CCCNCc1ccc(Cl)c(Cl)c1.OCCN(CCO)CCCNCc1ccc(Cl)c(Cl)c1. The van der Waals surface area contributed by atoms with Crippen molar-refractivity contribution in [3.05, 3.63) is 67.6 Å². The lowest BCUT2D eigenvalue weighted by atomic mass is 10.2. The summed E-state index contributed by atoms with van der Waals surface area (Å²) >= 11 is 23.8. The van der Waals surface area contributed by atoms with Crippen LogP contribution in [0.1, 0.15) is 63.5 Å². The summed E-state index contributed by atoms with van der Waals surface area (Å²) in [5.74, 6) is 0. The number of aliphatic hydroxyl groups excluding tert-OH is 2. The Hall–Kier alpha value is -0.640. The fraction of sp³-hybridized carbons (Fsp3) is 0.625. The molecule has 6 nitrogen and oxygen atoms in total. The molecule has 0 spiro atoms. The van der Waals surface area contributed by atoms with Crippen molar-refractivity contribution in [1.82, 2.24) is 20.4 Å². The molecule has 10 heteroatoms. The van der Waals surface area contributed by atoms with Crippen LogP contribution >= 0.6 is 46.4 Å². The molecule has 0 aliphatic carbocycles. The molecule has 240 valence electrons. The predicted molar refractivity (Wildman–Crippen MR) is 182 cm³/mol. The molecule has 4 N–H and O–H groups in total. The zero-order valence-electron chi connectivity index (χ0n) is 25.5. The summed E-state index contributed by atoms with van der Waals surface area (Å²) in [6, 6.07) is 11.4. The van der Waals surface area contributed by atoms with Crippen LogP contribution in [0.4, 0.5) is 0 Å². The van der Waals surface area contributed by atoms with E-state index in [2.05, 4.69) is 29.4 Å². The van der Waals surface area contributed by atoms with Crippen molar-refractivity contribution in [3.63, 3.8) is 0 Å². The van der Waals surface area contributed by atoms with Gasteiger partial charge >= 0.3 is 0 Å². The number of rotatable bonds is 22. The lowest BCUT2D eigenvalue weighted by Gasteiger charge is -2.22. The number of aliphatic hydroxyl groups is 2. The number of unbranched alkanes of at least 4 members (excludes halogenated alkanes) is 2. The van der Waals surface area contributed by atoms with Crippen molar-refractivity contribution in [2.75, 3.05) is 65.6 Å². The van der Waals surface area contributed by atoms with E-state index in [0.717, 1.165) is 44.7 Å². The number of benzene rings is 2. The van der Waals surface area contributed by atoms with Crippen molar-refractivity contribution in [2.45, 2.75) is 65.5 Å². The molecule has 0 fully saturated rings. The van der Waals surface area contributed by atoms with E-state index in [1.165, 1.54) is 57.3 Å². The Balaban J connectivity index is 0.000000422. The van der Waals surface area contributed by atoms with Gasteiger partial charge in [-0.25, -0.2) is 0 Å². The molecule has 0 aliphatic heterocycles. The smallest absolute Gasteiger partial charge is 0.0595 e. The van der Waals surface area contributed by atoms with E-state index in [1.807, 2.05) is 35.2 Å². The zero-order chi connectivity index (χ0) is 31.0. The molecule has 0 atom stereocenters. The van der Waals surface area contributed by atoms with E-state index < -0.39 is 0 Å². The Labute approximate surface area is 274 Å². The van der Waals surface area contributed by atoms with E-state index in [-0.39, 0.29) is 13.2 Å². The third-order valence-electron chi connectivity index (χ3n) is 6.77. The normalized spacial score (nSPS) is 11.3. The molecule has 0 amide bonds. The first-order valence-corrected chi connectivity index (χ1v) is 16.8. The maximum absolute atomic E-state index is 8.90. The quantitative estimate of drug-likeness (QED) is 0.100. The van der Waals surface area contributed by atoms with Crippen LogP contribution in [0.3, 0.4) is 0 Å². The van der Waals surface area contributed by atoms with Gasteiger partial charge in [0.25, 0.3) is 0 Å². The molecule has 0 saturated heterocycles. The van der Waals surface area contributed by atoms with Crippen molar-refractivity contribution in [2.24, 2.45) is 0 Å². The summed E-state index contributed by atoms with van der Waals surface area (Å²) < 4.78 is 0. The van der Waals surface area contributed by atoms with Gasteiger partial charge in [0.15, 0.2) is 0 Å². The van der Waals surface area contributed by atoms with E-state index in [0.29, 0.717) is 33.2 Å². The highest BCUT2D eigenvalue weighted by molar-refractivity contribution is 6.42. The highest BCUT2D eigenvalue weighted by Gasteiger charge is 2.05. The fourth-order valence-electron chi connectivity index (χ4n) is 4.34. The van der Waals surface area contributed by atoms with E-state index in [1.54, 1.807) is 6.07 Å². The van der Waals surface area contributed by atoms with E-state index >= 15 is 0 Å². The van der Waals surface area contributed by atoms with Crippen LogP contribution in [0, 0.1) is 0 Å². The van der Waals surface area contributed by atoms with Crippen molar-refractivity contribution < 1.29 is 10.2 Å². The molecule has 0 aromatic heterocycles. The van der Waals surface area contributed by atoms with Crippen LogP contribution < -0.4 is 10.6 Å². The summed E-state index contributed by atoms with van der Waals surface area (Å²) in [5.41, 5.74) is 2.28. The van der Waals surface area contributed by atoms with Gasteiger partial charge in [-0.05, 0) is 100 Å². The van der Waals surface area contributed by atoms with Gasteiger partial charge in [-0.3, -0.25) is 4.90 Å². The number of hydrogen-bond donors (Lipinski definition) is 4. The van der Waals surface area contributed by atoms with Crippen molar-refractivity contribution in [3.8, 4) is 0 Å². The molecule has 0 unspecified atom stereocenters. The molecule has 0 heterocycles. The summed E-state index contributed by atoms with van der Waals surface area (Å²) in [6.45, 7) is 14.0. The molecular weight excluding hydrogens is 614 g/mol. The third-order valence-corrected chi connectivity index (χ3v) is 8.25. The van der Waals surface area contributed by atoms with Gasteiger partial charge in [-0.1, -0.05) is 85.2 Å². The van der Waals surface area contributed by atoms with Crippen LogP contribution in [0.25, 0.3) is 0 Å². The molecule has 42 heavy (non-hydrogen) atoms. The Morgan fingerprint density at radius 2 is 0.929 bits per heavy atom. The standard InChI is InChI=1S/C18H30Cl2N2.C14H22Cl2N2O2/c1-3-5-11-22(12-6-4-2)13-7-10-21-15-16-8-9-17(19)18(20)14-16;15-13-3-2-12(10-14(13)16)11-17-4-1-5-18(6-8-19)7-9-20/h8-9,14,21H,3-7,10-13,15H2,1-2H3;2-3,10,17,19-20H,1,4-9,11H2. The van der Waals surface area contributed by atoms with Gasteiger partial charge < -0.3 is 25.7 Å². The monoisotopic (exact) mass is 664 g/mol. The van der Waals surface area contributed by atoms with Crippen LogP contribution in [-0.2, 0) is 13.1 Å². The summed E-state index contributed by atoms with van der Waals surface area (Å²) in [5, 5.41) is 27.0. The van der Waals surface area contributed by atoms with Crippen LogP contribution in [-0.4, -0.2) is 85.6 Å². The van der Waals surface area contributed by atoms with Crippen molar-refractivity contribution in [1.29, 1.82) is 0 Å². The highest BCUT2D eigenvalue weighted by atomic mass is 35.5. The van der Waals surface area contributed by atoms with Gasteiger partial charge in [0.1, 0.15) is 0 Å². The van der Waals surface area contributed by atoms with Gasteiger partial charge in [0, 0.05) is 26.2 Å². The minimum absolute atomic E-state index is 0.122. The summed E-state index contributed by atoms with van der Waals surface area (Å²) in [4.78, 5) is 4.65. The fourth-order valence-corrected chi connectivity index (χ4v) is 4.98. The van der Waals surface area contributed by atoms with E-state index in [9.17, 15) is 0 Å². The second-order valence-corrected chi connectivity index (χ2v) is 12.0. The third kappa shape index (κ3) is 18.9. The molecule has 2 aromatic rings. The minimum Gasteiger partial charge on any atom is -0.395 e. The van der Waals surface area contributed by atoms with Gasteiger partial charge in [-0.2, -0.15) is 0 Å². The number of nitrogens with one attached hydrogen (secondary N) is 2. The Morgan fingerprint density at radius 1 is 0.548 bits per heavy atom. The second-order valence-electron chi connectivity index (χ2n) is 10.4. The Morgan fingerprint density at radius 3 is 1.29 bits per heavy atom. The van der Waals surface area contributed by atoms with Gasteiger partial charge in [0.05, 0.1) is 33.3 Å². The van der Waals surface area contributed by atoms with Crippen LogP contribution in [0.2, 0.25) is 20.1 Å². The molecule has 2 aromatic carbocycles. The number of hydrogen-bond acceptors (Lipinski definition) is 6. The average molecular weight is 667 g/mol. The lowest BCUT2D eigenvalue weighted by Crippen LogP contribution is -2.32. The summed E-state index contributed by atoms with van der Waals surface area (Å²) in [7, 11) is 0. The Kier molecular flexibility index (Phi) is 24.1. The molecule has 2 rings (SSSR count). The molecule has 0 aliphatic rings. The Bertz CT molecular complexity index is 941. The minimum atomic E-state index is 0.122. The van der Waals surface area contributed by atoms with Gasteiger partial charge in [0.2, 0.25) is 0 Å². The second kappa shape index (κ2) is 25.7. The van der Waals surface area contributed by atoms with Crippen molar-refractivity contribution >= 4 is 46.4 Å². The molecule has 0 bridgehead atoms. The number of halogens is 4. The van der Waals surface area contributed by atoms with Crippen LogP contribution in [0.5, 0.6) is 0 Å². The molecular formula is C32H52Cl4N4O2. The van der Waals surface area contributed by atoms with E-state index in [4.69, 9.17) is 56.6 Å². The maximum Gasteiger partial charge on any atom is 0.0595 e. The first kappa shape index (κ1) is 39.4. The lowest BCUT2D eigenvalue weighted by molar-refractivity contribution is 0.160. The predicted octanol–water partition coefficient (Wildman–Crippen LogP) is 7.14. The first-order chi connectivity index (χ1) is 20.3. The molecule has 0 radical (unpaired) electrons. The maximum atomic E-state index is 8.90. The highest BCUT2D eigenvalue weighted by Crippen LogP contribution is 2.23. The zero-order valence-corrected chi connectivity index (χ0v) is 28.5. The molecule has 0 saturated carbocycles. The average Bonchev–Trinajstić information content (AvgIpc) is 2.98. The topological polar surface area (TPSA) is 71.0 Å². The summed E-state index contributed by atoms with van der Waals surface area (Å²) in [6.07, 6.45) is 7.31. The first-order valence-electron chi connectivity index (χ1n) is 15.3. The van der Waals surface area contributed by atoms with Gasteiger partial charge in [-0.15, -0.1) is 0 Å². The largest absolute Gasteiger partial charge is 0.395 e. The number of nitrogens with zero attached hydrogens (tertiary/aromatic N) is 2. The van der Waals surface area contributed by atoms with Crippen LogP contribution in [0.15, 0.2) is 36.4 Å².